The van der Waals surface area contributed by atoms with Crippen LogP contribution in [0, 0.1) is 11.8 Å². The van der Waals surface area contributed by atoms with Crippen molar-refractivity contribution in [1.29, 1.82) is 0 Å². The second-order valence-electron chi connectivity index (χ2n) is 22.4. The molecule has 9 atom stereocenters. The summed E-state index contributed by atoms with van der Waals surface area (Å²) in [5, 5.41) is 21.7. The zero-order valence-electron chi connectivity index (χ0n) is 47.6. The fraction of sp³-hybridized carbons (Fsp3) is 0.704. The summed E-state index contributed by atoms with van der Waals surface area (Å²) in [5.74, 6) is -7.65. The summed E-state index contributed by atoms with van der Waals surface area (Å²) in [5.41, 5.74) is -0.132. The first-order valence-electron chi connectivity index (χ1n) is 26.5. The van der Waals surface area contributed by atoms with Crippen molar-refractivity contribution < 1.29 is 57.8 Å². The van der Waals surface area contributed by atoms with Crippen LogP contribution in [-0.4, -0.2) is 215 Å². The molecule has 5 N–H and O–H groups in total. The summed E-state index contributed by atoms with van der Waals surface area (Å²) >= 11 is 0. The van der Waals surface area contributed by atoms with Crippen molar-refractivity contribution in [2.75, 3.05) is 61.5 Å². The van der Waals surface area contributed by atoms with Gasteiger partial charge in [-0.2, -0.15) is 0 Å². The molecule has 0 aromatic heterocycles. The predicted octanol–water partition coefficient (Wildman–Crippen LogP) is 0.679. The largest absolute Gasteiger partial charge is 0.391 e. The molecule has 2 saturated heterocycles. The van der Waals surface area contributed by atoms with Gasteiger partial charge >= 0.3 is 0 Å². The van der Waals surface area contributed by atoms with Crippen LogP contribution in [0.15, 0.2) is 30.3 Å². The third-order valence-corrected chi connectivity index (χ3v) is 13.9. The van der Waals surface area contributed by atoms with E-state index in [1.165, 1.54) is 65.8 Å². The van der Waals surface area contributed by atoms with Gasteiger partial charge in [-0.1, -0.05) is 58.0 Å². The molecular weight excluding hydrogens is 981 g/mol. The van der Waals surface area contributed by atoms with E-state index in [9.17, 15) is 53.1 Å². The summed E-state index contributed by atoms with van der Waals surface area (Å²) in [6.45, 7) is 16.5. The SMILES string of the molecule is CC(C)C[C@H]1C(=O)N[C@@H](COC(C)(C)C)C(=O)N[C@H](C(=O)N2CCCCC2)CC(=O)N[C@@H](C)C(=O)N(C)[C@@H](C)C(=O)N(C)[C@@H](Cc2ccccc2)C(=O)N(C)[C@@H](CC(C)C)C(=O)N[C@@H]([C@@H](C)O)C(=O)N(C)CC(=O)N1C. The average molecular weight is 1070 g/mol. The second-order valence-corrected chi connectivity index (χ2v) is 22.4. The average Bonchev–Trinajstić information content (AvgIpc) is 3.36. The van der Waals surface area contributed by atoms with Crippen molar-refractivity contribution in [2.45, 2.75) is 174 Å². The lowest BCUT2D eigenvalue weighted by Crippen LogP contribution is -2.61. The summed E-state index contributed by atoms with van der Waals surface area (Å²) < 4.78 is 6.00. The Morgan fingerprint density at radius 2 is 1.20 bits per heavy atom. The first-order chi connectivity index (χ1) is 35.4. The lowest BCUT2D eigenvalue weighted by atomic mass is 9.98. The van der Waals surface area contributed by atoms with Crippen molar-refractivity contribution in [3.8, 4) is 0 Å². The Morgan fingerprint density at radius 1 is 0.658 bits per heavy atom. The number of likely N-dealkylation sites (N-methyl/N-ethyl adjacent to an activating group) is 5. The van der Waals surface area contributed by atoms with Crippen molar-refractivity contribution in [3.05, 3.63) is 35.9 Å². The molecule has 1 aromatic rings. The van der Waals surface area contributed by atoms with Gasteiger partial charge in [0, 0.05) is 54.7 Å². The van der Waals surface area contributed by atoms with Gasteiger partial charge in [0.15, 0.2) is 0 Å². The quantitative estimate of drug-likeness (QED) is 0.217. The zero-order chi connectivity index (χ0) is 57.5. The molecule has 426 valence electrons. The number of aliphatic hydroxyl groups excluding tert-OH is 1. The molecule has 76 heavy (non-hydrogen) atoms. The van der Waals surface area contributed by atoms with E-state index in [1.807, 2.05) is 27.7 Å². The highest BCUT2D eigenvalue weighted by molar-refractivity contribution is 5.99. The van der Waals surface area contributed by atoms with Gasteiger partial charge in [-0.25, -0.2) is 0 Å². The van der Waals surface area contributed by atoms with Gasteiger partial charge in [-0.15, -0.1) is 0 Å². The van der Waals surface area contributed by atoms with Crippen LogP contribution < -0.4 is 21.3 Å². The van der Waals surface area contributed by atoms with Crippen LogP contribution >= 0.6 is 0 Å². The van der Waals surface area contributed by atoms with Crippen LogP contribution in [0.2, 0.25) is 0 Å². The minimum absolute atomic E-state index is 0.000927. The van der Waals surface area contributed by atoms with Crippen LogP contribution in [0.5, 0.6) is 0 Å². The molecule has 2 heterocycles. The van der Waals surface area contributed by atoms with Crippen molar-refractivity contribution in [1.82, 2.24) is 50.7 Å². The highest BCUT2D eigenvalue weighted by Gasteiger charge is 2.41. The lowest BCUT2D eigenvalue weighted by molar-refractivity contribution is -0.152. The Hall–Kier alpha value is -6.16. The molecule has 0 bridgehead atoms. The van der Waals surface area contributed by atoms with E-state index in [4.69, 9.17) is 4.74 Å². The molecule has 0 unspecified atom stereocenters. The molecule has 10 amide bonds. The standard InChI is InChI=1S/C54H88N10O12/c1-32(2)26-40-47(69)57-39(31-76-54(8,9)10)46(68)56-38(51(73)64-24-20-17-21-25-64)29-43(66)55-34(5)49(71)60(12)35(6)50(72)63(15)42(28-37-22-18-16-19-23-37)52(74)62(14)41(27-33(3)4)48(70)58-45(36(7)65)53(75)59(11)30-44(67)61(40)13/h16,18-19,22-23,32-36,38-42,45,65H,17,20-21,24-31H2,1-15H3,(H,55,66)(H,56,68)(H,57,69)(H,58,70)/t34-,35-,36+,38-,39-,40-,41-,42-,45-/m0/s1. The number of hydrogen-bond acceptors (Lipinski definition) is 12. The molecule has 0 aliphatic carbocycles. The molecule has 22 heteroatoms. The monoisotopic (exact) mass is 1070 g/mol. The van der Waals surface area contributed by atoms with E-state index >= 15 is 0 Å². The van der Waals surface area contributed by atoms with E-state index < -0.39 is 132 Å². The van der Waals surface area contributed by atoms with Crippen LogP contribution in [0.3, 0.4) is 0 Å². The lowest BCUT2D eigenvalue weighted by Gasteiger charge is -2.38. The number of carbonyl (C=O) groups is 10. The molecule has 2 fully saturated rings. The first-order valence-corrected chi connectivity index (χ1v) is 26.5. The van der Waals surface area contributed by atoms with E-state index in [-0.39, 0.29) is 37.7 Å². The van der Waals surface area contributed by atoms with Crippen molar-refractivity contribution in [2.24, 2.45) is 11.8 Å². The topological polar surface area (TPSA) is 268 Å². The second kappa shape index (κ2) is 28.8. The summed E-state index contributed by atoms with van der Waals surface area (Å²) in [7, 11) is 6.87. The van der Waals surface area contributed by atoms with Gasteiger partial charge in [0.1, 0.15) is 48.3 Å². The number of amides is 10. The summed E-state index contributed by atoms with van der Waals surface area (Å²) in [4.78, 5) is 150. The fourth-order valence-electron chi connectivity index (χ4n) is 9.08. The molecule has 22 nitrogen and oxygen atoms in total. The van der Waals surface area contributed by atoms with E-state index in [0.29, 0.717) is 31.5 Å². The van der Waals surface area contributed by atoms with E-state index in [1.54, 1.807) is 56.0 Å². The molecule has 0 saturated carbocycles. The number of hydrogen-bond donors (Lipinski definition) is 5. The van der Waals surface area contributed by atoms with Crippen LogP contribution in [0.25, 0.3) is 0 Å². The molecule has 3 rings (SSSR count). The van der Waals surface area contributed by atoms with Gasteiger partial charge in [0.25, 0.3) is 0 Å². The van der Waals surface area contributed by atoms with E-state index in [0.717, 1.165) is 21.1 Å². The maximum absolute atomic E-state index is 14.9. The molecular formula is C54H88N10O12. The number of aliphatic hydroxyl groups is 1. The minimum atomic E-state index is -1.60. The Morgan fingerprint density at radius 3 is 1.74 bits per heavy atom. The van der Waals surface area contributed by atoms with Crippen LogP contribution in [0.4, 0.5) is 0 Å². The van der Waals surface area contributed by atoms with Crippen molar-refractivity contribution >= 4 is 59.1 Å². The molecule has 0 spiro atoms. The Labute approximate surface area is 449 Å². The number of rotatable bonds is 10. The van der Waals surface area contributed by atoms with Gasteiger partial charge in [0.05, 0.1) is 31.3 Å². The number of piperidine rings is 1. The van der Waals surface area contributed by atoms with Crippen LogP contribution in [0.1, 0.15) is 113 Å². The summed E-state index contributed by atoms with van der Waals surface area (Å²) in [6, 6.07) is -1.76. The maximum Gasteiger partial charge on any atom is 0.248 e. The van der Waals surface area contributed by atoms with Crippen molar-refractivity contribution in [3.63, 3.8) is 0 Å². The number of benzene rings is 1. The molecule has 0 radical (unpaired) electrons. The van der Waals surface area contributed by atoms with Gasteiger partial charge in [0.2, 0.25) is 59.1 Å². The highest BCUT2D eigenvalue weighted by atomic mass is 16.5. The Bertz CT molecular complexity index is 2200. The van der Waals surface area contributed by atoms with Gasteiger partial charge in [-0.05, 0) is 91.0 Å². The minimum Gasteiger partial charge on any atom is -0.391 e. The third kappa shape index (κ3) is 18.5. The Balaban J connectivity index is 2.22. The zero-order valence-corrected chi connectivity index (χ0v) is 47.6. The summed E-state index contributed by atoms with van der Waals surface area (Å²) in [6.07, 6.45) is 0.370. The smallest absolute Gasteiger partial charge is 0.248 e. The van der Waals surface area contributed by atoms with Gasteiger partial charge in [-0.3, -0.25) is 47.9 Å². The number of carbonyl (C=O) groups excluding carboxylic acids is 10. The first kappa shape index (κ1) is 64.1. The normalized spacial score (nSPS) is 26.3. The maximum atomic E-state index is 14.9. The van der Waals surface area contributed by atoms with Gasteiger partial charge < -0.3 is 60.5 Å². The fourth-order valence-corrected chi connectivity index (χ4v) is 9.08. The predicted molar refractivity (Wildman–Crippen MR) is 284 cm³/mol. The Kier molecular flexibility index (Phi) is 24.3. The molecule has 2 aliphatic rings. The number of ether oxygens (including phenoxy) is 1. The van der Waals surface area contributed by atoms with Crippen LogP contribution in [-0.2, 0) is 59.1 Å². The highest BCUT2D eigenvalue weighted by Crippen LogP contribution is 2.20. The molecule has 2 aliphatic heterocycles. The number of nitrogens with one attached hydrogen (secondary N) is 4. The number of nitrogens with zero attached hydrogens (tertiary/aromatic N) is 6. The third-order valence-electron chi connectivity index (χ3n) is 13.9. The van der Waals surface area contributed by atoms with E-state index in [2.05, 4.69) is 21.3 Å². The molecule has 1 aromatic carbocycles. The number of likely N-dealkylation sites (tertiary alicyclic amines) is 1.